The third kappa shape index (κ3) is 4.65. The molecule has 0 radical (unpaired) electrons. The molecule has 7 nitrogen and oxygen atoms in total. The first-order valence-corrected chi connectivity index (χ1v) is 7.77. The average molecular weight is 331 g/mol. The van der Waals surface area contributed by atoms with Gasteiger partial charge in [-0.3, -0.25) is 14.4 Å². The van der Waals surface area contributed by atoms with Gasteiger partial charge in [0.1, 0.15) is 5.71 Å². The predicted molar refractivity (Wildman–Crippen MR) is 88.5 cm³/mol. The fraction of sp³-hybridized carbons (Fsp3) is 0.412. The Bertz CT molecular complexity index is 684. The fourth-order valence-corrected chi connectivity index (χ4v) is 2.52. The smallest absolute Gasteiger partial charge is 0.308 e. The summed E-state index contributed by atoms with van der Waals surface area (Å²) in [6.45, 7) is 1.96. The van der Waals surface area contributed by atoms with E-state index in [9.17, 15) is 19.5 Å². The maximum atomic E-state index is 12.1. The molecule has 24 heavy (non-hydrogen) atoms. The van der Waals surface area contributed by atoms with E-state index in [4.69, 9.17) is 0 Å². The number of nitrogens with one attached hydrogen (secondary N) is 1. The van der Waals surface area contributed by atoms with Crippen molar-refractivity contribution in [3.05, 3.63) is 35.4 Å². The van der Waals surface area contributed by atoms with Gasteiger partial charge >= 0.3 is 5.97 Å². The lowest BCUT2D eigenvalue weighted by molar-refractivity contribution is -0.141. The van der Waals surface area contributed by atoms with Crippen molar-refractivity contribution >= 4 is 23.5 Å². The molecule has 0 saturated carbocycles. The quantitative estimate of drug-likeness (QED) is 0.811. The van der Waals surface area contributed by atoms with Gasteiger partial charge in [-0.15, -0.1) is 0 Å². The van der Waals surface area contributed by atoms with Gasteiger partial charge in [0.05, 0.1) is 5.92 Å². The number of amides is 2. The molecular formula is C17H21N3O4. The average Bonchev–Trinajstić information content (AvgIpc) is 2.53. The Morgan fingerprint density at radius 1 is 1.38 bits per heavy atom. The molecule has 0 spiro atoms. The van der Waals surface area contributed by atoms with Crippen LogP contribution in [0.4, 0.5) is 0 Å². The summed E-state index contributed by atoms with van der Waals surface area (Å²) >= 11 is 0. The second kappa shape index (κ2) is 7.72. The first-order valence-electron chi connectivity index (χ1n) is 7.77. The van der Waals surface area contributed by atoms with E-state index < -0.39 is 17.8 Å². The highest BCUT2D eigenvalue weighted by Crippen LogP contribution is 2.12. The van der Waals surface area contributed by atoms with Gasteiger partial charge in [0.25, 0.3) is 5.91 Å². The number of benzene rings is 1. The Hall–Kier alpha value is -2.70. The molecule has 7 heteroatoms. The molecule has 1 atom stereocenters. The number of carboxylic acid groups (broad SMARTS) is 1. The van der Waals surface area contributed by atoms with Crippen LogP contribution < -0.4 is 5.32 Å². The first kappa shape index (κ1) is 17.7. The van der Waals surface area contributed by atoms with Crippen LogP contribution in [0.3, 0.4) is 0 Å². The normalized spacial score (nSPS) is 15.7. The van der Waals surface area contributed by atoms with Gasteiger partial charge in [0.2, 0.25) is 5.91 Å². The second-order valence-electron chi connectivity index (χ2n) is 5.90. The van der Waals surface area contributed by atoms with Gasteiger partial charge in [-0.2, -0.15) is 5.10 Å². The summed E-state index contributed by atoms with van der Waals surface area (Å²) in [7, 11) is 1.49. The maximum Gasteiger partial charge on any atom is 0.308 e. The Kier molecular flexibility index (Phi) is 5.68. The maximum absolute atomic E-state index is 12.1. The summed E-state index contributed by atoms with van der Waals surface area (Å²) in [5.41, 5.74) is 2.22. The summed E-state index contributed by atoms with van der Waals surface area (Å²) < 4.78 is 0. The van der Waals surface area contributed by atoms with Crippen molar-refractivity contribution in [3.63, 3.8) is 0 Å². The van der Waals surface area contributed by atoms with E-state index in [1.165, 1.54) is 7.05 Å². The number of hydrogen-bond acceptors (Lipinski definition) is 4. The molecule has 2 rings (SSSR count). The van der Waals surface area contributed by atoms with E-state index in [0.717, 1.165) is 16.1 Å². The monoisotopic (exact) mass is 331 g/mol. The van der Waals surface area contributed by atoms with Crippen molar-refractivity contribution in [3.8, 4) is 0 Å². The number of hydrogen-bond donors (Lipinski definition) is 2. The molecule has 0 fully saturated rings. The first-order chi connectivity index (χ1) is 11.4. The van der Waals surface area contributed by atoms with Gasteiger partial charge < -0.3 is 10.4 Å². The van der Waals surface area contributed by atoms with Crippen LogP contribution in [-0.4, -0.2) is 47.2 Å². The standard InChI is InChI=1S/C17H21N3O4/c1-11-4-3-5-12(8-11)9-13(17(23)24)10-18-16(22)14-6-7-15(21)20(2)19-14/h3-5,8,13H,6-7,9-10H2,1-2H3,(H,18,22)(H,23,24)/t13-/m0/s1. The highest BCUT2D eigenvalue weighted by molar-refractivity contribution is 6.39. The number of carbonyl (C=O) groups is 3. The Morgan fingerprint density at radius 2 is 2.12 bits per heavy atom. The number of aryl methyl sites for hydroxylation is 1. The number of nitrogens with zero attached hydrogens (tertiary/aromatic N) is 2. The van der Waals surface area contributed by atoms with Crippen LogP contribution in [0.15, 0.2) is 29.4 Å². The highest BCUT2D eigenvalue weighted by Gasteiger charge is 2.24. The number of hydrazone groups is 1. The van der Waals surface area contributed by atoms with Crippen LogP contribution in [0.5, 0.6) is 0 Å². The zero-order valence-electron chi connectivity index (χ0n) is 13.8. The van der Waals surface area contributed by atoms with Crippen LogP contribution in [0.25, 0.3) is 0 Å². The van der Waals surface area contributed by atoms with Crippen molar-refractivity contribution in [2.24, 2.45) is 11.0 Å². The number of carboxylic acids is 1. The molecule has 0 unspecified atom stereocenters. The SMILES string of the molecule is Cc1cccc(C[C@@H](CNC(=O)C2=NN(C)C(=O)CC2)C(=O)O)c1. The Labute approximate surface area is 140 Å². The van der Waals surface area contributed by atoms with E-state index in [1.807, 2.05) is 31.2 Å². The minimum Gasteiger partial charge on any atom is -0.481 e. The summed E-state index contributed by atoms with van der Waals surface area (Å²) in [5, 5.41) is 17.0. The van der Waals surface area contributed by atoms with E-state index >= 15 is 0 Å². The van der Waals surface area contributed by atoms with Crippen LogP contribution in [0.2, 0.25) is 0 Å². The summed E-state index contributed by atoms with van der Waals surface area (Å²) in [6, 6.07) is 7.63. The molecule has 2 amide bonds. The Balaban J connectivity index is 1.96. The van der Waals surface area contributed by atoms with Crippen molar-refractivity contribution in [1.29, 1.82) is 0 Å². The molecule has 1 aliphatic heterocycles. The lowest BCUT2D eigenvalue weighted by Gasteiger charge is -2.20. The summed E-state index contributed by atoms with van der Waals surface area (Å²) in [6.07, 6.45) is 0.835. The molecule has 0 aromatic heterocycles. The van der Waals surface area contributed by atoms with Crippen molar-refractivity contribution < 1.29 is 19.5 Å². The third-order valence-corrected chi connectivity index (χ3v) is 3.89. The van der Waals surface area contributed by atoms with E-state index in [1.54, 1.807) is 0 Å². The second-order valence-corrected chi connectivity index (χ2v) is 5.90. The number of aliphatic carboxylic acids is 1. The van der Waals surface area contributed by atoms with Crippen molar-refractivity contribution in [2.75, 3.05) is 13.6 Å². The lowest BCUT2D eigenvalue weighted by Crippen LogP contribution is -2.41. The van der Waals surface area contributed by atoms with Gasteiger partial charge in [-0.25, -0.2) is 5.01 Å². The van der Waals surface area contributed by atoms with Gasteiger partial charge in [0, 0.05) is 26.4 Å². The zero-order chi connectivity index (χ0) is 17.7. The van der Waals surface area contributed by atoms with E-state index in [0.29, 0.717) is 6.42 Å². The molecule has 128 valence electrons. The fourth-order valence-electron chi connectivity index (χ4n) is 2.52. The van der Waals surface area contributed by atoms with Gasteiger partial charge in [0.15, 0.2) is 0 Å². The molecule has 1 aromatic carbocycles. The molecule has 1 aromatic rings. The number of carbonyl (C=O) groups excluding carboxylic acids is 2. The predicted octanol–water partition coefficient (Wildman–Crippen LogP) is 0.963. The minimum atomic E-state index is -0.963. The van der Waals surface area contributed by atoms with Crippen LogP contribution >= 0.6 is 0 Å². The molecule has 0 aliphatic carbocycles. The third-order valence-electron chi connectivity index (χ3n) is 3.89. The molecule has 0 bridgehead atoms. The van der Waals surface area contributed by atoms with Crippen LogP contribution in [0.1, 0.15) is 24.0 Å². The largest absolute Gasteiger partial charge is 0.481 e. The van der Waals surface area contributed by atoms with E-state index in [-0.39, 0.29) is 31.0 Å². The van der Waals surface area contributed by atoms with Crippen molar-refractivity contribution in [1.82, 2.24) is 10.3 Å². The Morgan fingerprint density at radius 3 is 2.75 bits per heavy atom. The van der Waals surface area contributed by atoms with Gasteiger partial charge in [-0.05, 0) is 18.9 Å². The zero-order valence-corrected chi connectivity index (χ0v) is 13.8. The lowest BCUT2D eigenvalue weighted by atomic mass is 9.98. The summed E-state index contributed by atoms with van der Waals surface area (Å²) in [4.78, 5) is 34.9. The van der Waals surface area contributed by atoms with Gasteiger partial charge in [-0.1, -0.05) is 29.8 Å². The molecule has 1 heterocycles. The van der Waals surface area contributed by atoms with Crippen LogP contribution in [-0.2, 0) is 20.8 Å². The minimum absolute atomic E-state index is 0.0127. The molecule has 1 aliphatic rings. The molecule has 2 N–H and O–H groups in total. The van der Waals surface area contributed by atoms with E-state index in [2.05, 4.69) is 10.4 Å². The topological polar surface area (TPSA) is 99.1 Å². The van der Waals surface area contributed by atoms with Crippen molar-refractivity contribution in [2.45, 2.75) is 26.2 Å². The summed E-state index contributed by atoms with van der Waals surface area (Å²) in [5.74, 6) is -2.26. The molecular weight excluding hydrogens is 310 g/mol. The highest BCUT2D eigenvalue weighted by atomic mass is 16.4. The molecule has 0 saturated heterocycles. The van der Waals surface area contributed by atoms with Crippen LogP contribution in [0, 0.1) is 12.8 Å². The number of rotatable bonds is 6.